The average molecular weight is 400 g/mol. The van der Waals surface area contributed by atoms with Gasteiger partial charge in [0.25, 0.3) is 0 Å². The van der Waals surface area contributed by atoms with Gasteiger partial charge in [0.05, 0.1) is 17.6 Å². The van der Waals surface area contributed by atoms with Gasteiger partial charge in [0, 0.05) is 34.6 Å². The zero-order valence-corrected chi connectivity index (χ0v) is 16.1. The fourth-order valence-corrected chi connectivity index (χ4v) is 4.86. The van der Waals surface area contributed by atoms with Crippen molar-refractivity contribution in [3.63, 3.8) is 0 Å². The van der Waals surface area contributed by atoms with E-state index in [1.54, 1.807) is 18.2 Å². The molecule has 2 saturated heterocycles. The summed E-state index contributed by atoms with van der Waals surface area (Å²) < 4.78 is 38.7. The van der Waals surface area contributed by atoms with Crippen molar-refractivity contribution in [1.82, 2.24) is 14.9 Å². The standard InChI is InChI=1S/C22H23F3N4/c1-29-17-4-5-18(29)11-16(10-17)27-15-3-7-19(26-12-15)13-2-6-20-14(8-13)9-21(28-20)22(23,24)25/h2-3,6-9,12,16-18,27-28H,4-5,10-11H2,1H3/t16?,17-,18+. The van der Waals surface area contributed by atoms with Crippen molar-refractivity contribution in [2.75, 3.05) is 12.4 Å². The molecule has 0 saturated carbocycles. The number of hydrogen-bond donors (Lipinski definition) is 2. The van der Waals surface area contributed by atoms with Gasteiger partial charge in [-0.3, -0.25) is 4.98 Å². The van der Waals surface area contributed by atoms with Crippen LogP contribution in [0.2, 0.25) is 0 Å². The van der Waals surface area contributed by atoms with Crippen LogP contribution in [-0.4, -0.2) is 40.0 Å². The lowest BCUT2D eigenvalue weighted by Gasteiger charge is -2.37. The quantitative estimate of drug-likeness (QED) is 0.628. The third-order valence-corrected chi connectivity index (χ3v) is 6.45. The number of fused-ring (bicyclic) bond motifs is 3. The Bertz CT molecular complexity index is 1010. The van der Waals surface area contributed by atoms with E-state index in [1.165, 1.54) is 12.8 Å². The maximum absolute atomic E-state index is 12.9. The van der Waals surface area contributed by atoms with E-state index in [2.05, 4.69) is 27.2 Å². The van der Waals surface area contributed by atoms with E-state index in [4.69, 9.17) is 0 Å². The van der Waals surface area contributed by atoms with Gasteiger partial charge in [-0.25, -0.2) is 0 Å². The third kappa shape index (κ3) is 3.48. The highest BCUT2D eigenvalue weighted by molar-refractivity contribution is 5.85. The summed E-state index contributed by atoms with van der Waals surface area (Å²) in [6, 6.07) is 12.1. The lowest BCUT2D eigenvalue weighted by molar-refractivity contribution is -0.140. The summed E-state index contributed by atoms with van der Waals surface area (Å²) in [5.74, 6) is 0. The van der Waals surface area contributed by atoms with Gasteiger partial charge in [0.2, 0.25) is 0 Å². The number of H-pyrrole nitrogens is 1. The van der Waals surface area contributed by atoms with Crippen LogP contribution in [0.25, 0.3) is 22.2 Å². The summed E-state index contributed by atoms with van der Waals surface area (Å²) in [6.07, 6.45) is 2.32. The number of aromatic amines is 1. The lowest BCUT2D eigenvalue weighted by atomic mass is 9.98. The summed E-state index contributed by atoms with van der Waals surface area (Å²) in [4.78, 5) is 9.48. The summed E-state index contributed by atoms with van der Waals surface area (Å²) in [7, 11) is 2.23. The molecule has 4 heterocycles. The molecule has 2 fully saturated rings. The number of halogens is 3. The number of alkyl halides is 3. The third-order valence-electron chi connectivity index (χ3n) is 6.45. The highest BCUT2D eigenvalue weighted by atomic mass is 19.4. The minimum Gasteiger partial charge on any atom is -0.381 e. The van der Waals surface area contributed by atoms with Gasteiger partial charge in [0.15, 0.2) is 0 Å². The minimum atomic E-state index is -4.38. The van der Waals surface area contributed by atoms with Crippen LogP contribution in [0.5, 0.6) is 0 Å². The van der Waals surface area contributed by atoms with Crippen molar-refractivity contribution in [1.29, 1.82) is 0 Å². The smallest absolute Gasteiger partial charge is 0.381 e. The molecule has 29 heavy (non-hydrogen) atoms. The number of anilines is 1. The zero-order chi connectivity index (χ0) is 20.2. The van der Waals surface area contributed by atoms with E-state index in [-0.39, 0.29) is 0 Å². The monoisotopic (exact) mass is 400 g/mol. The second kappa shape index (κ2) is 6.76. The van der Waals surface area contributed by atoms with E-state index in [0.29, 0.717) is 29.0 Å². The number of rotatable bonds is 3. The van der Waals surface area contributed by atoms with Crippen molar-refractivity contribution in [3.8, 4) is 11.3 Å². The molecule has 2 aromatic heterocycles. The molecule has 0 spiro atoms. The van der Waals surface area contributed by atoms with Crippen molar-refractivity contribution < 1.29 is 13.2 Å². The Morgan fingerprint density at radius 2 is 1.83 bits per heavy atom. The Kier molecular flexibility index (Phi) is 4.31. The number of piperidine rings is 1. The molecule has 7 heteroatoms. The number of pyridine rings is 1. The van der Waals surface area contributed by atoms with E-state index in [9.17, 15) is 13.2 Å². The van der Waals surface area contributed by atoms with Gasteiger partial charge in [-0.15, -0.1) is 0 Å². The predicted molar refractivity (Wildman–Crippen MR) is 108 cm³/mol. The Labute approximate surface area is 167 Å². The molecule has 3 atom stereocenters. The van der Waals surface area contributed by atoms with Gasteiger partial charge in [-0.05, 0) is 63.1 Å². The fourth-order valence-electron chi connectivity index (χ4n) is 4.86. The van der Waals surface area contributed by atoms with Crippen molar-refractivity contribution >= 4 is 16.6 Å². The van der Waals surface area contributed by atoms with Crippen LogP contribution in [0.3, 0.4) is 0 Å². The first-order valence-electron chi connectivity index (χ1n) is 10.0. The molecule has 0 aliphatic carbocycles. The summed E-state index contributed by atoms with van der Waals surface area (Å²) in [5.41, 5.74) is 2.27. The molecule has 1 aromatic carbocycles. The molecular weight excluding hydrogens is 377 g/mol. The van der Waals surface area contributed by atoms with Crippen molar-refractivity contribution in [3.05, 3.63) is 48.3 Å². The van der Waals surface area contributed by atoms with E-state index < -0.39 is 11.9 Å². The molecule has 2 N–H and O–H groups in total. The summed E-state index contributed by atoms with van der Waals surface area (Å²) >= 11 is 0. The van der Waals surface area contributed by atoms with Gasteiger partial charge in [-0.2, -0.15) is 13.2 Å². The summed E-state index contributed by atoms with van der Waals surface area (Å²) in [5, 5.41) is 4.14. The van der Waals surface area contributed by atoms with Crippen LogP contribution in [0.15, 0.2) is 42.6 Å². The molecule has 152 valence electrons. The zero-order valence-electron chi connectivity index (χ0n) is 16.1. The molecule has 5 rings (SSSR count). The fraction of sp³-hybridized carbons (Fsp3) is 0.409. The Morgan fingerprint density at radius 3 is 2.48 bits per heavy atom. The van der Waals surface area contributed by atoms with Crippen molar-refractivity contribution in [2.24, 2.45) is 0 Å². The molecule has 1 unspecified atom stereocenters. The van der Waals surface area contributed by atoms with E-state index in [0.717, 1.165) is 35.9 Å². The van der Waals surface area contributed by atoms with Gasteiger partial charge in [0.1, 0.15) is 5.69 Å². The second-order valence-electron chi connectivity index (χ2n) is 8.28. The Balaban J connectivity index is 1.32. The highest BCUT2D eigenvalue weighted by Crippen LogP contribution is 2.36. The van der Waals surface area contributed by atoms with Crippen LogP contribution in [0.1, 0.15) is 31.4 Å². The lowest BCUT2D eigenvalue weighted by Crippen LogP contribution is -2.44. The maximum Gasteiger partial charge on any atom is 0.431 e. The van der Waals surface area contributed by atoms with Gasteiger partial charge >= 0.3 is 6.18 Å². The Morgan fingerprint density at radius 1 is 1.07 bits per heavy atom. The highest BCUT2D eigenvalue weighted by Gasteiger charge is 2.38. The Hall–Kier alpha value is -2.54. The molecular formula is C22H23F3N4. The molecule has 0 radical (unpaired) electrons. The SMILES string of the molecule is CN1[C@@H]2CC[C@H]1CC(Nc1ccc(-c3ccc4[nH]c(C(F)(F)F)cc4c3)nc1)C2. The van der Waals surface area contributed by atoms with Gasteiger partial charge < -0.3 is 15.2 Å². The molecule has 2 aliphatic rings. The molecule has 2 bridgehead atoms. The molecule has 4 nitrogen and oxygen atoms in total. The predicted octanol–water partition coefficient (Wildman–Crippen LogP) is 5.29. The first kappa shape index (κ1) is 18.5. The maximum atomic E-state index is 12.9. The van der Waals surface area contributed by atoms with Gasteiger partial charge in [-0.1, -0.05) is 6.07 Å². The normalized spacial score (nSPS) is 24.9. The summed E-state index contributed by atoms with van der Waals surface area (Å²) in [6.45, 7) is 0. The van der Waals surface area contributed by atoms with Crippen LogP contribution in [0.4, 0.5) is 18.9 Å². The van der Waals surface area contributed by atoms with E-state index in [1.807, 2.05) is 18.3 Å². The second-order valence-corrected chi connectivity index (χ2v) is 8.28. The topological polar surface area (TPSA) is 44.0 Å². The van der Waals surface area contributed by atoms with Crippen LogP contribution in [-0.2, 0) is 6.18 Å². The number of benzene rings is 1. The minimum absolute atomic E-state index is 0.466. The largest absolute Gasteiger partial charge is 0.431 e. The average Bonchev–Trinajstić information content (AvgIpc) is 3.19. The number of aromatic nitrogens is 2. The van der Waals surface area contributed by atoms with Crippen LogP contribution >= 0.6 is 0 Å². The first-order valence-corrected chi connectivity index (χ1v) is 10.0. The molecule has 2 aliphatic heterocycles. The molecule has 0 amide bonds. The molecule has 3 aromatic rings. The number of nitrogens with zero attached hydrogens (tertiary/aromatic N) is 2. The first-order chi connectivity index (χ1) is 13.9. The van der Waals surface area contributed by atoms with Crippen molar-refractivity contribution in [2.45, 2.75) is 50.0 Å². The number of nitrogens with one attached hydrogen (secondary N) is 2. The van der Waals surface area contributed by atoms with E-state index >= 15 is 0 Å². The number of hydrogen-bond acceptors (Lipinski definition) is 3. The van der Waals surface area contributed by atoms with Crippen LogP contribution < -0.4 is 5.32 Å². The van der Waals surface area contributed by atoms with Crippen LogP contribution in [0, 0.1) is 0 Å².